The van der Waals surface area contributed by atoms with E-state index in [-0.39, 0.29) is 85.0 Å². The van der Waals surface area contributed by atoms with Gasteiger partial charge in [-0.1, -0.05) is 183 Å². The van der Waals surface area contributed by atoms with Crippen molar-refractivity contribution < 1.29 is 35.4 Å². The fraction of sp³-hybridized carbons (Fsp3) is 0.333. The van der Waals surface area contributed by atoms with Gasteiger partial charge in [0.1, 0.15) is 5.82 Å². The fourth-order valence-electron chi connectivity index (χ4n) is 11.0. The molecule has 2 aliphatic rings. The minimum atomic E-state index is -0.586. The molecule has 0 fully saturated rings. The van der Waals surface area contributed by atoms with E-state index in [0.29, 0.717) is 61.5 Å². The summed E-state index contributed by atoms with van der Waals surface area (Å²) in [5.74, 6) is 1.25. The van der Waals surface area contributed by atoms with Crippen LogP contribution in [0.1, 0.15) is 167 Å². The zero-order chi connectivity index (χ0) is 60.9. The molecule has 0 saturated carbocycles. The third-order valence-electron chi connectivity index (χ3n) is 15.9. The summed E-state index contributed by atoms with van der Waals surface area (Å²) in [5.41, 5.74) is 11.4. The zero-order valence-corrected chi connectivity index (χ0v) is 50.6. The number of rotatable bonds is 7. The van der Waals surface area contributed by atoms with E-state index in [4.69, 9.17) is 15.2 Å². The average Bonchev–Trinajstić information content (AvgIpc) is 1.80. The first-order chi connectivity index (χ1) is 39.1. The van der Waals surface area contributed by atoms with Crippen molar-refractivity contribution in [2.24, 2.45) is 0 Å². The number of hydrogen-bond donors (Lipinski definition) is 0. The van der Waals surface area contributed by atoms with E-state index in [1.165, 1.54) is 11.1 Å². The summed E-state index contributed by atoms with van der Waals surface area (Å²) >= 11 is 0. The van der Waals surface area contributed by atoms with Crippen molar-refractivity contribution in [3.8, 4) is 39.6 Å². The van der Waals surface area contributed by atoms with Gasteiger partial charge in [0.15, 0.2) is 0 Å². The molecule has 0 N–H and O–H groups in total. The summed E-state index contributed by atoms with van der Waals surface area (Å²) in [6.45, 7) is 36.9. The Labute approximate surface area is 490 Å². The Kier molecular flexibility index (Phi) is 11.6. The molecule has 2 aromatic heterocycles. The monoisotopic (exact) mass is 1220 g/mol. The standard InChI is InChI=1S/C72H77N4O.Pt/c1-67(2,3)48-32-35-73-65(42-48)76-61-25-18-17-24-55(61)56-30-29-54(44-64(56)76)77-53-23-21-22-52(43-53)74-45-75(63-27-20-19-26-62(63)74)66-57(46-28-31-59-60(38-46)72(15,16)34-33-71(59,13)14)40-51(70(10,11)12)41-58(66)47-36-49(68(4,5)6)39-50(37-47)69(7,8)9;/h17-32,35-42,45H,33-34H2,1-16H3;/q-3;/i17D,18D,24D,25D,36D,37D,39D;. The van der Waals surface area contributed by atoms with Crippen LogP contribution in [0.3, 0.4) is 0 Å². The molecule has 1 aliphatic carbocycles. The van der Waals surface area contributed by atoms with Crippen LogP contribution in [0.2, 0.25) is 0 Å². The minimum absolute atomic E-state index is 0. The Balaban J connectivity index is 0.00000803. The molecule has 0 spiro atoms. The van der Waals surface area contributed by atoms with Crippen molar-refractivity contribution >= 4 is 44.6 Å². The molecular formula is C72H77N4OPt-3. The van der Waals surface area contributed by atoms with Crippen molar-refractivity contribution in [1.82, 2.24) is 9.55 Å². The van der Waals surface area contributed by atoms with E-state index in [1.807, 2.05) is 48.5 Å². The normalized spacial score (nSPS) is 16.6. The molecule has 9 aromatic rings. The molecule has 7 aromatic carbocycles. The molecule has 3 heterocycles. The molecule has 0 amide bonds. The van der Waals surface area contributed by atoms with Crippen molar-refractivity contribution in [1.29, 1.82) is 0 Å². The van der Waals surface area contributed by atoms with Gasteiger partial charge in [0.05, 0.1) is 9.60 Å². The van der Waals surface area contributed by atoms with Crippen molar-refractivity contribution in [2.75, 3.05) is 9.80 Å². The quantitative estimate of drug-likeness (QED) is 0.149. The maximum absolute atomic E-state index is 10.3. The summed E-state index contributed by atoms with van der Waals surface area (Å²) in [5, 5.41) is 0.957. The first-order valence-corrected chi connectivity index (χ1v) is 27.3. The molecule has 404 valence electrons. The molecule has 0 saturated heterocycles. The summed E-state index contributed by atoms with van der Waals surface area (Å²) in [6, 6.07) is 39.8. The van der Waals surface area contributed by atoms with Crippen molar-refractivity contribution in [3.63, 3.8) is 0 Å². The number of aromatic nitrogens is 2. The Bertz CT molecular complexity index is 4150. The van der Waals surface area contributed by atoms with Gasteiger partial charge < -0.3 is 19.1 Å². The Hall–Kier alpha value is -6.42. The summed E-state index contributed by atoms with van der Waals surface area (Å²) in [7, 11) is 0. The van der Waals surface area contributed by atoms with E-state index in [1.54, 1.807) is 16.8 Å². The average molecular weight is 1220 g/mol. The number of nitrogens with zero attached hydrogens (tertiary/aromatic N) is 4. The van der Waals surface area contributed by atoms with E-state index in [9.17, 15) is 4.11 Å². The first kappa shape index (κ1) is 46.5. The van der Waals surface area contributed by atoms with E-state index < -0.39 is 10.8 Å². The van der Waals surface area contributed by atoms with E-state index in [2.05, 4.69) is 182 Å². The molecule has 0 atom stereocenters. The van der Waals surface area contributed by atoms with Crippen LogP contribution in [0.25, 0.3) is 49.9 Å². The second-order valence-electron chi connectivity index (χ2n) is 26.8. The van der Waals surface area contributed by atoms with Gasteiger partial charge >= 0.3 is 0 Å². The van der Waals surface area contributed by atoms with Crippen LogP contribution in [0, 0.1) is 18.8 Å². The first-order valence-electron chi connectivity index (χ1n) is 30.8. The van der Waals surface area contributed by atoms with Crippen molar-refractivity contribution in [3.05, 3.63) is 198 Å². The molecule has 11 rings (SSSR count). The molecule has 6 heteroatoms. The molecule has 78 heavy (non-hydrogen) atoms. The van der Waals surface area contributed by atoms with E-state index in [0.717, 1.165) is 57.7 Å². The van der Waals surface area contributed by atoms with Gasteiger partial charge in [-0.15, -0.1) is 48.1 Å². The molecule has 1 aliphatic heterocycles. The van der Waals surface area contributed by atoms with Crippen molar-refractivity contribution in [2.45, 2.75) is 156 Å². The summed E-state index contributed by atoms with van der Waals surface area (Å²) in [4.78, 5) is 9.09. The van der Waals surface area contributed by atoms with Crippen LogP contribution < -0.4 is 14.5 Å². The maximum Gasteiger partial charge on any atom is 0.135 e. The molecule has 0 radical (unpaired) electrons. The second kappa shape index (κ2) is 19.4. The smallest absolute Gasteiger partial charge is 0.135 e. The predicted molar refractivity (Wildman–Crippen MR) is 325 cm³/mol. The van der Waals surface area contributed by atoms with Gasteiger partial charge in [0, 0.05) is 72.5 Å². The topological polar surface area (TPSA) is 33.5 Å². The Morgan fingerprint density at radius 1 is 0.564 bits per heavy atom. The third-order valence-corrected chi connectivity index (χ3v) is 15.9. The number of fused-ring (bicyclic) bond motifs is 5. The van der Waals surface area contributed by atoms with Crippen LogP contribution in [0.15, 0.2) is 146 Å². The molecule has 0 unspecified atom stereocenters. The Morgan fingerprint density at radius 3 is 1.82 bits per heavy atom. The van der Waals surface area contributed by atoms with Gasteiger partial charge in [-0.25, -0.2) is 4.98 Å². The number of pyridine rings is 1. The fourth-order valence-corrected chi connectivity index (χ4v) is 11.0. The zero-order valence-electron chi connectivity index (χ0n) is 55.3. The summed E-state index contributed by atoms with van der Waals surface area (Å²) < 4.78 is 74.4. The van der Waals surface area contributed by atoms with Gasteiger partial charge in [0.25, 0.3) is 0 Å². The van der Waals surface area contributed by atoms with Gasteiger partial charge in [-0.2, -0.15) is 12.1 Å². The van der Waals surface area contributed by atoms with Crippen LogP contribution >= 0.6 is 0 Å². The second-order valence-corrected chi connectivity index (χ2v) is 26.8. The number of para-hydroxylation sites is 3. The van der Waals surface area contributed by atoms with Crippen LogP contribution in [0.4, 0.5) is 22.7 Å². The number of anilines is 4. The molecule has 5 nitrogen and oxygen atoms in total. The minimum Gasteiger partial charge on any atom is -0.509 e. The SMILES string of the molecule is [2H]c1c(-c2cc(C(C)(C)C)cc(-c3ccc4c(c3)C(C)(C)CCC4(C)C)c2N2[CH-]N(c3[c-]c(Oc4[c-]c5c(cc4)c4c([2H])c([2H])c([2H])c([2H])c4n5-c4cc(C(C)(C)C)ccn4)ccc3)c3ccccc32)c([2H])c(C(C)(C)C)c([2H])c1C(C)(C)C.[Pt]. The maximum atomic E-state index is 10.3. The van der Waals surface area contributed by atoms with Crippen LogP contribution in [-0.4, -0.2) is 9.55 Å². The summed E-state index contributed by atoms with van der Waals surface area (Å²) in [6.07, 6.45) is 3.87. The largest absolute Gasteiger partial charge is 0.509 e. The molecular weight excluding hydrogens is 1130 g/mol. The van der Waals surface area contributed by atoms with E-state index >= 15 is 0 Å². The predicted octanol–water partition coefficient (Wildman–Crippen LogP) is 19.9. The molecule has 0 bridgehead atoms. The number of hydrogen-bond acceptors (Lipinski definition) is 4. The third kappa shape index (κ3) is 10.0. The van der Waals surface area contributed by atoms with Crippen LogP contribution in [-0.2, 0) is 53.6 Å². The Morgan fingerprint density at radius 2 is 1.17 bits per heavy atom. The van der Waals surface area contributed by atoms with Crippen LogP contribution in [0.5, 0.6) is 11.5 Å². The van der Waals surface area contributed by atoms with Gasteiger partial charge in [0.2, 0.25) is 0 Å². The number of benzene rings is 7. The van der Waals surface area contributed by atoms with Gasteiger partial charge in [-0.05, 0) is 138 Å². The van der Waals surface area contributed by atoms with Gasteiger partial charge in [-0.3, -0.25) is 0 Å². The number of ether oxygens (including phenoxy) is 1.